The molecule has 2 heterocycles. The number of nitrogens with zero attached hydrogens (tertiary/aromatic N) is 6. The van der Waals surface area contributed by atoms with E-state index in [2.05, 4.69) is 25.7 Å². The Morgan fingerprint density at radius 1 is 1.38 bits per heavy atom. The van der Waals surface area contributed by atoms with Crippen molar-refractivity contribution in [3.63, 3.8) is 0 Å². The molecule has 0 bridgehead atoms. The van der Waals surface area contributed by atoms with E-state index in [1.54, 1.807) is 13.0 Å². The third kappa shape index (κ3) is 1.74. The summed E-state index contributed by atoms with van der Waals surface area (Å²) in [4.78, 5) is 4.23. The Hall–Kier alpha value is -2.31. The summed E-state index contributed by atoms with van der Waals surface area (Å²) in [6, 6.07) is 5.40. The molecule has 0 saturated heterocycles. The summed E-state index contributed by atoms with van der Waals surface area (Å²) in [6.45, 7) is 3.56. The molecule has 1 N–H and O–H groups in total. The molecule has 0 spiro atoms. The first-order valence-corrected chi connectivity index (χ1v) is 4.64. The Morgan fingerprint density at radius 3 is 2.75 bits per heavy atom. The first-order chi connectivity index (χ1) is 7.72. The molecule has 2 rings (SSSR count). The average molecular weight is 218 g/mol. The van der Waals surface area contributed by atoms with Gasteiger partial charge in [0.1, 0.15) is 5.69 Å². The number of oxime groups is 1. The Bertz CT molecular complexity index is 532. The highest BCUT2D eigenvalue weighted by atomic mass is 16.4. The zero-order valence-corrected chi connectivity index (χ0v) is 8.86. The highest BCUT2D eigenvalue weighted by molar-refractivity contribution is 5.97. The molecule has 16 heavy (non-hydrogen) atoms. The fourth-order valence-corrected chi connectivity index (χ4v) is 1.30. The smallest absolute Gasteiger partial charge is 0.221 e. The summed E-state index contributed by atoms with van der Waals surface area (Å²) in [5.74, 6) is 0.724. The summed E-state index contributed by atoms with van der Waals surface area (Å²) < 4.78 is 1.32. The zero-order chi connectivity index (χ0) is 11.5. The van der Waals surface area contributed by atoms with Crippen molar-refractivity contribution in [2.75, 3.05) is 0 Å². The van der Waals surface area contributed by atoms with Gasteiger partial charge in [-0.05, 0) is 36.4 Å². The number of pyridine rings is 1. The Kier molecular flexibility index (Phi) is 2.59. The van der Waals surface area contributed by atoms with Crippen molar-refractivity contribution in [1.29, 1.82) is 0 Å². The van der Waals surface area contributed by atoms with Crippen molar-refractivity contribution < 1.29 is 5.21 Å². The van der Waals surface area contributed by atoms with Gasteiger partial charge in [0.05, 0.1) is 0 Å². The van der Waals surface area contributed by atoms with Crippen molar-refractivity contribution in [3.8, 4) is 0 Å². The summed E-state index contributed by atoms with van der Waals surface area (Å²) in [5, 5.41) is 23.1. The van der Waals surface area contributed by atoms with Gasteiger partial charge in [-0.25, -0.2) is 4.98 Å². The second kappa shape index (κ2) is 4.05. The van der Waals surface area contributed by atoms with Crippen LogP contribution in [-0.4, -0.2) is 36.2 Å². The molecule has 7 nitrogen and oxygen atoms in total. The van der Waals surface area contributed by atoms with Crippen molar-refractivity contribution in [3.05, 3.63) is 35.4 Å². The third-order valence-corrected chi connectivity index (χ3v) is 2.04. The molecule has 0 fully saturated rings. The van der Waals surface area contributed by atoms with Gasteiger partial charge >= 0.3 is 0 Å². The van der Waals surface area contributed by atoms with Crippen LogP contribution in [0.4, 0.5) is 0 Å². The molecule has 0 amide bonds. The number of hydrogen-bond donors (Lipinski definition) is 1. The van der Waals surface area contributed by atoms with E-state index >= 15 is 0 Å². The lowest BCUT2D eigenvalue weighted by atomic mass is 10.3. The predicted octanol–water partition coefficient (Wildman–Crippen LogP) is 0.369. The number of aryl methyl sites for hydroxylation is 2. The predicted molar refractivity (Wildman–Crippen MR) is 55.2 cm³/mol. The van der Waals surface area contributed by atoms with Crippen LogP contribution in [0.25, 0.3) is 0 Å². The maximum Gasteiger partial charge on any atom is 0.221 e. The van der Waals surface area contributed by atoms with Crippen LogP contribution >= 0.6 is 0 Å². The van der Waals surface area contributed by atoms with E-state index in [1.165, 1.54) is 4.68 Å². The van der Waals surface area contributed by atoms with Gasteiger partial charge in [0.25, 0.3) is 0 Å². The maximum absolute atomic E-state index is 9.00. The summed E-state index contributed by atoms with van der Waals surface area (Å²) >= 11 is 0. The van der Waals surface area contributed by atoms with Crippen molar-refractivity contribution in [1.82, 2.24) is 25.2 Å². The van der Waals surface area contributed by atoms with E-state index in [0.717, 1.165) is 5.69 Å². The molecular formula is C9H10N6O. The van der Waals surface area contributed by atoms with Gasteiger partial charge in [-0.2, -0.15) is 4.68 Å². The normalized spacial score (nSPS) is 11.8. The van der Waals surface area contributed by atoms with Gasteiger partial charge in [0.2, 0.25) is 5.84 Å². The van der Waals surface area contributed by atoms with Crippen molar-refractivity contribution >= 4 is 5.84 Å². The minimum absolute atomic E-state index is 0.200. The van der Waals surface area contributed by atoms with E-state index < -0.39 is 0 Å². The van der Waals surface area contributed by atoms with E-state index in [9.17, 15) is 0 Å². The summed E-state index contributed by atoms with van der Waals surface area (Å²) in [5.41, 5.74) is 1.34. The van der Waals surface area contributed by atoms with Gasteiger partial charge in [-0.15, -0.1) is 5.10 Å². The van der Waals surface area contributed by atoms with E-state index in [4.69, 9.17) is 5.21 Å². The molecule has 2 aromatic rings. The van der Waals surface area contributed by atoms with Crippen LogP contribution in [0.2, 0.25) is 0 Å². The Labute approximate surface area is 91.4 Å². The zero-order valence-electron chi connectivity index (χ0n) is 8.86. The Morgan fingerprint density at radius 2 is 2.19 bits per heavy atom. The quantitative estimate of drug-likeness (QED) is 0.323. The standard InChI is InChI=1S/C9H10N6O/c1-6-4-3-5-8(10-6)9(12-16)15-7(2)11-13-14-15/h3-5,16H,1-2H3. The molecule has 82 valence electrons. The van der Waals surface area contributed by atoms with Crippen LogP contribution in [0, 0.1) is 13.8 Å². The Balaban J connectivity index is 2.50. The van der Waals surface area contributed by atoms with E-state index in [-0.39, 0.29) is 5.84 Å². The van der Waals surface area contributed by atoms with Crippen LogP contribution in [0.1, 0.15) is 17.2 Å². The summed E-state index contributed by atoms with van der Waals surface area (Å²) in [6.07, 6.45) is 0. The molecule has 0 atom stereocenters. The minimum atomic E-state index is 0.200. The maximum atomic E-state index is 9.00. The largest absolute Gasteiger partial charge is 0.409 e. The fourth-order valence-electron chi connectivity index (χ4n) is 1.30. The minimum Gasteiger partial charge on any atom is -0.409 e. The molecule has 0 aliphatic heterocycles. The fraction of sp³-hybridized carbons (Fsp3) is 0.222. The van der Waals surface area contributed by atoms with Gasteiger partial charge < -0.3 is 5.21 Å². The van der Waals surface area contributed by atoms with Crippen LogP contribution in [-0.2, 0) is 0 Å². The first-order valence-electron chi connectivity index (χ1n) is 4.64. The average Bonchev–Trinajstić information content (AvgIpc) is 2.67. The van der Waals surface area contributed by atoms with Crippen LogP contribution < -0.4 is 0 Å². The second-order valence-corrected chi connectivity index (χ2v) is 3.23. The van der Waals surface area contributed by atoms with Gasteiger partial charge in [-0.1, -0.05) is 11.2 Å². The molecule has 0 unspecified atom stereocenters. The number of tetrazole rings is 1. The molecule has 0 aliphatic carbocycles. The molecule has 0 saturated carbocycles. The molecule has 0 aromatic carbocycles. The molecule has 7 heteroatoms. The molecule has 2 aromatic heterocycles. The van der Waals surface area contributed by atoms with Crippen molar-refractivity contribution in [2.45, 2.75) is 13.8 Å². The van der Waals surface area contributed by atoms with Gasteiger partial charge in [-0.3, -0.25) is 0 Å². The number of hydrogen-bond acceptors (Lipinski definition) is 6. The summed E-state index contributed by atoms with van der Waals surface area (Å²) in [7, 11) is 0. The third-order valence-electron chi connectivity index (χ3n) is 2.04. The lowest BCUT2D eigenvalue weighted by Crippen LogP contribution is -2.18. The highest BCUT2D eigenvalue weighted by Crippen LogP contribution is 2.03. The number of rotatable bonds is 1. The van der Waals surface area contributed by atoms with Gasteiger partial charge in [0, 0.05) is 5.69 Å². The van der Waals surface area contributed by atoms with Crippen LogP contribution in [0.15, 0.2) is 23.4 Å². The monoisotopic (exact) mass is 218 g/mol. The van der Waals surface area contributed by atoms with Gasteiger partial charge in [0.15, 0.2) is 5.82 Å². The van der Waals surface area contributed by atoms with E-state index in [0.29, 0.717) is 11.5 Å². The SMILES string of the molecule is Cc1cccc(C(=NO)n2nnnc2C)n1. The topological polar surface area (TPSA) is 89.1 Å². The second-order valence-electron chi connectivity index (χ2n) is 3.23. The van der Waals surface area contributed by atoms with Crippen molar-refractivity contribution in [2.24, 2.45) is 5.16 Å². The molecule has 0 radical (unpaired) electrons. The lowest BCUT2D eigenvalue weighted by molar-refractivity contribution is 0.316. The molecule has 0 aliphatic rings. The van der Waals surface area contributed by atoms with Crippen LogP contribution in [0.3, 0.4) is 0 Å². The highest BCUT2D eigenvalue weighted by Gasteiger charge is 2.13. The molecular weight excluding hydrogens is 208 g/mol. The first kappa shape index (κ1) is 10.2. The van der Waals surface area contributed by atoms with E-state index in [1.807, 2.05) is 19.1 Å². The number of aromatic nitrogens is 5. The lowest BCUT2D eigenvalue weighted by Gasteiger charge is -2.04. The van der Waals surface area contributed by atoms with Crippen LogP contribution in [0.5, 0.6) is 0 Å².